The van der Waals surface area contributed by atoms with Gasteiger partial charge in [-0.1, -0.05) is 48.5 Å². The van der Waals surface area contributed by atoms with Crippen molar-refractivity contribution in [2.45, 2.75) is 6.42 Å². The van der Waals surface area contributed by atoms with E-state index in [1.54, 1.807) is 0 Å². The summed E-state index contributed by atoms with van der Waals surface area (Å²) in [5, 5.41) is 9.30. The Morgan fingerprint density at radius 2 is 1.74 bits per heavy atom. The minimum absolute atomic E-state index is 0.145. The predicted molar refractivity (Wildman–Crippen MR) is 96.5 cm³/mol. The summed E-state index contributed by atoms with van der Waals surface area (Å²) < 4.78 is 5.71. The van der Waals surface area contributed by atoms with Crippen molar-refractivity contribution in [1.29, 1.82) is 0 Å². The fourth-order valence-corrected chi connectivity index (χ4v) is 2.28. The summed E-state index contributed by atoms with van der Waals surface area (Å²) in [6.07, 6.45) is 2.76. The van der Waals surface area contributed by atoms with Gasteiger partial charge in [0, 0.05) is 13.2 Å². The maximum Gasteiger partial charge on any atom is 0.119 e. The molecule has 0 bridgehead atoms. The molecule has 0 unspecified atom stereocenters. The largest absolute Gasteiger partial charge is 0.492 e. The number of hydrogen-bond acceptors (Lipinski definition) is 3. The highest BCUT2D eigenvalue weighted by atomic mass is 16.5. The van der Waals surface area contributed by atoms with Crippen molar-refractivity contribution in [2.24, 2.45) is 0 Å². The molecule has 0 spiro atoms. The number of aliphatic hydroxyl groups is 1. The normalized spacial score (nSPS) is 11.7. The van der Waals surface area contributed by atoms with E-state index in [1.807, 2.05) is 56.6 Å². The fourth-order valence-electron chi connectivity index (χ4n) is 2.28. The molecule has 0 radical (unpaired) electrons. The van der Waals surface area contributed by atoms with Crippen LogP contribution in [0, 0.1) is 0 Å². The fraction of sp³-hybridized carbons (Fsp3) is 0.300. The molecule has 0 aromatic heterocycles. The van der Waals surface area contributed by atoms with Crippen LogP contribution in [0.15, 0.2) is 54.6 Å². The lowest BCUT2D eigenvalue weighted by Crippen LogP contribution is -2.19. The van der Waals surface area contributed by atoms with Gasteiger partial charge in [0.1, 0.15) is 12.4 Å². The molecule has 3 nitrogen and oxygen atoms in total. The maximum atomic E-state index is 9.30. The molecule has 0 fully saturated rings. The van der Waals surface area contributed by atoms with E-state index in [2.05, 4.69) is 23.1 Å². The Morgan fingerprint density at radius 1 is 1.04 bits per heavy atom. The van der Waals surface area contributed by atoms with Gasteiger partial charge < -0.3 is 14.7 Å². The second-order valence-corrected chi connectivity index (χ2v) is 5.73. The van der Waals surface area contributed by atoms with Gasteiger partial charge in [0.15, 0.2) is 0 Å². The molecule has 122 valence electrons. The molecule has 2 aromatic carbocycles. The zero-order valence-corrected chi connectivity index (χ0v) is 13.9. The molecule has 23 heavy (non-hydrogen) atoms. The Hall–Kier alpha value is -2.10. The summed E-state index contributed by atoms with van der Waals surface area (Å²) in [7, 11) is 4.06. The van der Waals surface area contributed by atoms with E-state index >= 15 is 0 Å². The summed E-state index contributed by atoms with van der Waals surface area (Å²) in [5.41, 5.74) is 3.39. The van der Waals surface area contributed by atoms with E-state index in [0.717, 1.165) is 29.0 Å². The minimum Gasteiger partial charge on any atom is -0.492 e. The van der Waals surface area contributed by atoms with Crippen LogP contribution in [0.2, 0.25) is 0 Å². The molecule has 1 N–H and O–H groups in total. The lowest BCUT2D eigenvalue weighted by Gasteiger charge is -2.11. The molecule has 0 heterocycles. The van der Waals surface area contributed by atoms with Gasteiger partial charge in [0.25, 0.3) is 0 Å². The van der Waals surface area contributed by atoms with Crippen molar-refractivity contribution in [2.75, 3.05) is 33.9 Å². The van der Waals surface area contributed by atoms with Gasteiger partial charge in [0.05, 0.1) is 0 Å². The molecular formula is C20H25NO2. The highest BCUT2D eigenvalue weighted by Gasteiger charge is 2.02. The van der Waals surface area contributed by atoms with Crippen LogP contribution in [0.3, 0.4) is 0 Å². The van der Waals surface area contributed by atoms with Gasteiger partial charge >= 0.3 is 0 Å². The number of hydrogen-bond donors (Lipinski definition) is 1. The highest BCUT2D eigenvalue weighted by molar-refractivity contribution is 5.81. The average molecular weight is 311 g/mol. The number of likely N-dealkylation sites (N-methyl/N-ethyl adjacent to an activating group) is 1. The van der Waals surface area contributed by atoms with Crippen LogP contribution in [0.5, 0.6) is 5.75 Å². The summed E-state index contributed by atoms with van der Waals surface area (Å²) in [5.74, 6) is 0.882. The summed E-state index contributed by atoms with van der Waals surface area (Å²) in [6, 6.07) is 18.2. The van der Waals surface area contributed by atoms with Crippen molar-refractivity contribution in [1.82, 2.24) is 4.90 Å². The Bertz CT molecular complexity index is 603. The van der Waals surface area contributed by atoms with Crippen LogP contribution in [0.4, 0.5) is 0 Å². The zero-order chi connectivity index (χ0) is 16.5. The smallest absolute Gasteiger partial charge is 0.119 e. The first-order valence-electron chi connectivity index (χ1n) is 7.93. The third kappa shape index (κ3) is 5.89. The van der Waals surface area contributed by atoms with Crippen molar-refractivity contribution < 1.29 is 9.84 Å². The number of nitrogens with zero attached hydrogens (tertiary/aromatic N) is 1. The first-order valence-corrected chi connectivity index (χ1v) is 7.93. The number of rotatable bonds is 8. The van der Waals surface area contributed by atoms with Crippen molar-refractivity contribution in [3.8, 4) is 5.75 Å². The average Bonchev–Trinajstić information content (AvgIpc) is 2.56. The van der Waals surface area contributed by atoms with Gasteiger partial charge in [-0.3, -0.25) is 0 Å². The highest BCUT2D eigenvalue weighted by Crippen LogP contribution is 2.22. The molecule has 0 atom stereocenters. The minimum atomic E-state index is 0.145. The topological polar surface area (TPSA) is 32.7 Å². The molecule has 0 aliphatic carbocycles. The molecule has 0 saturated heterocycles. The third-order valence-electron chi connectivity index (χ3n) is 3.55. The molecule has 0 amide bonds. The second kappa shape index (κ2) is 9.13. The molecular weight excluding hydrogens is 286 g/mol. The van der Waals surface area contributed by atoms with E-state index in [1.165, 1.54) is 0 Å². The van der Waals surface area contributed by atoms with Gasteiger partial charge in [0.2, 0.25) is 0 Å². The van der Waals surface area contributed by atoms with E-state index in [-0.39, 0.29) is 6.61 Å². The van der Waals surface area contributed by atoms with Crippen molar-refractivity contribution >= 4 is 11.6 Å². The summed E-state index contributed by atoms with van der Waals surface area (Å²) in [6.45, 7) is 1.73. The zero-order valence-electron chi connectivity index (χ0n) is 13.9. The molecule has 0 saturated carbocycles. The van der Waals surface area contributed by atoms with Gasteiger partial charge in [-0.25, -0.2) is 0 Å². The Morgan fingerprint density at radius 3 is 2.35 bits per heavy atom. The van der Waals surface area contributed by atoms with Crippen LogP contribution >= 0.6 is 0 Å². The van der Waals surface area contributed by atoms with E-state index in [9.17, 15) is 5.11 Å². The SMILES string of the molecule is CN(C)CCOc1ccc(/C=C(/CCO)c2ccccc2)cc1. The third-order valence-corrected chi connectivity index (χ3v) is 3.55. The second-order valence-electron chi connectivity index (χ2n) is 5.73. The Balaban J connectivity index is 2.07. The maximum absolute atomic E-state index is 9.30. The van der Waals surface area contributed by atoms with Gasteiger partial charge in [-0.2, -0.15) is 0 Å². The molecule has 2 aromatic rings. The van der Waals surface area contributed by atoms with E-state index < -0.39 is 0 Å². The molecule has 0 aliphatic heterocycles. The van der Waals surface area contributed by atoms with E-state index in [0.29, 0.717) is 13.0 Å². The monoisotopic (exact) mass is 311 g/mol. The quantitative estimate of drug-likeness (QED) is 0.757. The number of aliphatic hydroxyl groups excluding tert-OH is 1. The van der Waals surface area contributed by atoms with Gasteiger partial charge in [-0.05, 0) is 49.3 Å². The van der Waals surface area contributed by atoms with E-state index in [4.69, 9.17) is 4.74 Å². The van der Waals surface area contributed by atoms with Crippen LogP contribution < -0.4 is 4.74 Å². The molecule has 3 heteroatoms. The van der Waals surface area contributed by atoms with Crippen molar-refractivity contribution in [3.63, 3.8) is 0 Å². The summed E-state index contributed by atoms with van der Waals surface area (Å²) >= 11 is 0. The van der Waals surface area contributed by atoms with Crippen LogP contribution in [-0.4, -0.2) is 43.9 Å². The van der Waals surface area contributed by atoms with Gasteiger partial charge in [-0.15, -0.1) is 0 Å². The molecule has 0 aliphatic rings. The Kier molecular flexibility index (Phi) is 6.85. The lowest BCUT2D eigenvalue weighted by molar-refractivity contribution is 0.261. The molecule has 2 rings (SSSR count). The first kappa shape index (κ1) is 17.3. The van der Waals surface area contributed by atoms with Crippen LogP contribution in [0.25, 0.3) is 11.6 Å². The number of benzene rings is 2. The lowest BCUT2D eigenvalue weighted by atomic mass is 10.0. The predicted octanol–water partition coefficient (Wildman–Crippen LogP) is 3.55. The first-order chi connectivity index (χ1) is 11.2. The standard InChI is InChI=1S/C20H25NO2/c1-21(2)13-15-23-20-10-8-17(9-11-20)16-19(12-14-22)18-6-4-3-5-7-18/h3-11,16,22H,12-15H2,1-2H3/b19-16-. The Labute approximate surface area is 138 Å². The number of ether oxygens (including phenoxy) is 1. The van der Waals surface area contributed by atoms with Crippen LogP contribution in [0.1, 0.15) is 17.5 Å². The summed E-state index contributed by atoms with van der Waals surface area (Å²) in [4.78, 5) is 2.10. The van der Waals surface area contributed by atoms with Crippen molar-refractivity contribution in [3.05, 3.63) is 65.7 Å². The van der Waals surface area contributed by atoms with Crippen LogP contribution in [-0.2, 0) is 0 Å².